The van der Waals surface area contributed by atoms with Crippen LogP contribution in [0.2, 0.25) is 0 Å². The summed E-state index contributed by atoms with van der Waals surface area (Å²) >= 11 is 0. The Morgan fingerprint density at radius 1 is 1.10 bits per heavy atom. The van der Waals surface area contributed by atoms with E-state index in [-0.39, 0.29) is 10.7 Å². The zero-order chi connectivity index (χ0) is 20.0. The standard InChI is InChI=1S/C21H19N3O4S/c25-18(13-24-8-10-28-11-9-24)16-12-17-14-4-1-2-6-19(14)29(26,27)23-21(17)20-15(16)5-3-7-22-20/h1-7,12,23H,8-11,13H2. The average molecular weight is 409 g/mol. The van der Waals surface area contributed by atoms with Crippen molar-refractivity contribution in [3.63, 3.8) is 0 Å². The van der Waals surface area contributed by atoms with E-state index in [1.807, 2.05) is 6.07 Å². The highest BCUT2D eigenvalue weighted by atomic mass is 32.2. The van der Waals surface area contributed by atoms with Gasteiger partial charge in [0.2, 0.25) is 0 Å². The monoisotopic (exact) mass is 409 g/mol. The Balaban J connectivity index is 1.69. The van der Waals surface area contributed by atoms with E-state index in [4.69, 9.17) is 4.74 Å². The van der Waals surface area contributed by atoms with E-state index in [1.54, 1.807) is 42.6 Å². The van der Waals surface area contributed by atoms with Gasteiger partial charge in [-0.2, -0.15) is 0 Å². The summed E-state index contributed by atoms with van der Waals surface area (Å²) < 4.78 is 33.5. The van der Waals surface area contributed by atoms with Gasteiger partial charge in [0.05, 0.1) is 35.9 Å². The summed E-state index contributed by atoms with van der Waals surface area (Å²) in [7, 11) is -3.70. The topological polar surface area (TPSA) is 88.6 Å². The summed E-state index contributed by atoms with van der Waals surface area (Å²) in [6.07, 6.45) is 1.60. The summed E-state index contributed by atoms with van der Waals surface area (Å²) in [5.74, 6) is -0.0152. The van der Waals surface area contributed by atoms with Gasteiger partial charge in [0.15, 0.2) is 5.78 Å². The van der Waals surface area contributed by atoms with E-state index in [1.165, 1.54) is 0 Å². The minimum atomic E-state index is -3.70. The smallest absolute Gasteiger partial charge is 0.262 e. The van der Waals surface area contributed by atoms with Crippen LogP contribution in [0.5, 0.6) is 0 Å². The second-order valence-electron chi connectivity index (χ2n) is 7.16. The predicted octanol–water partition coefficient (Wildman–Crippen LogP) is 2.53. The highest BCUT2D eigenvalue weighted by molar-refractivity contribution is 7.93. The van der Waals surface area contributed by atoms with Crippen LogP contribution in [0.4, 0.5) is 5.69 Å². The van der Waals surface area contributed by atoms with Gasteiger partial charge >= 0.3 is 0 Å². The van der Waals surface area contributed by atoms with E-state index in [2.05, 4.69) is 14.6 Å². The van der Waals surface area contributed by atoms with Crippen LogP contribution in [0.15, 0.2) is 53.6 Å². The zero-order valence-corrected chi connectivity index (χ0v) is 16.4. The van der Waals surface area contributed by atoms with Crippen molar-refractivity contribution in [3.8, 4) is 11.1 Å². The van der Waals surface area contributed by atoms with Gasteiger partial charge in [-0.25, -0.2) is 8.42 Å². The minimum absolute atomic E-state index is 0.0152. The predicted molar refractivity (Wildman–Crippen MR) is 110 cm³/mol. The molecular weight excluding hydrogens is 390 g/mol. The lowest BCUT2D eigenvalue weighted by molar-refractivity contribution is 0.0371. The van der Waals surface area contributed by atoms with Crippen molar-refractivity contribution in [2.75, 3.05) is 37.6 Å². The molecule has 1 fully saturated rings. The van der Waals surface area contributed by atoms with Gasteiger partial charge in [0, 0.05) is 41.4 Å². The number of anilines is 1. The number of hydrogen-bond acceptors (Lipinski definition) is 6. The van der Waals surface area contributed by atoms with Gasteiger partial charge in [-0.15, -0.1) is 0 Å². The Bertz CT molecular complexity index is 1230. The molecule has 5 rings (SSSR count). The van der Waals surface area contributed by atoms with Crippen LogP contribution < -0.4 is 4.72 Å². The van der Waals surface area contributed by atoms with Gasteiger partial charge in [0.25, 0.3) is 10.0 Å². The molecule has 1 N–H and O–H groups in total. The van der Waals surface area contributed by atoms with E-state index < -0.39 is 10.0 Å². The van der Waals surface area contributed by atoms with Crippen molar-refractivity contribution >= 4 is 32.4 Å². The van der Waals surface area contributed by atoms with Crippen molar-refractivity contribution < 1.29 is 17.9 Å². The number of carbonyl (C=O) groups excluding carboxylic acids is 1. The number of ketones is 1. The fraction of sp³-hybridized carbons (Fsp3) is 0.238. The fourth-order valence-corrected chi connectivity index (χ4v) is 5.26. The average Bonchev–Trinajstić information content (AvgIpc) is 2.74. The molecule has 2 aromatic carbocycles. The number of nitrogens with one attached hydrogen (secondary N) is 1. The highest BCUT2D eigenvalue weighted by Gasteiger charge is 2.30. The lowest BCUT2D eigenvalue weighted by Gasteiger charge is -2.27. The lowest BCUT2D eigenvalue weighted by atomic mass is 9.94. The van der Waals surface area contributed by atoms with Gasteiger partial charge in [-0.3, -0.25) is 19.4 Å². The molecule has 3 aromatic rings. The molecule has 0 saturated carbocycles. The molecule has 0 amide bonds. The summed E-state index contributed by atoms with van der Waals surface area (Å²) in [6.45, 7) is 2.97. The number of rotatable bonds is 3. The van der Waals surface area contributed by atoms with Crippen molar-refractivity contribution in [2.24, 2.45) is 0 Å². The number of benzene rings is 2. The molecule has 2 aliphatic rings. The Morgan fingerprint density at radius 3 is 2.72 bits per heavy atom. The fourth-order valence-electron chi connectivity index (χ4n) is 3.95. The second-order valence-corrected chi connectivity index (χ2v) is 8.81. The van der Waals surface area contributed by atoms with Crippen LogP contribution in [-0.2, 0) is 14.8 Å². The molecule has 1 aromatic heterocycles. The lowest BCUT2D eigenvalue weighted by Crippen LogP contribution is -2.39. The van der Waals surface area contributed by atoms with Gasteiger partial charge in [-0.1, -0.05) is 24.3 Å². The molecule has 0 radical (unpaired) electrons. The first kappa shape index (κ1) is 18.2. The van der Waals surface area contributed by atoms with Gasteiger partial charge in [0.1, 0.15) is 0 Å². The van der Waals surface area contributed by atoms with Crippen LogP contribution >= 0.6 is 0 Å². The summed E-state index contributed by atoms with van der Waals surface area (Å²) in [5, 5.41) is 0.645. The van der Waals surface area contributed by atoms with E-state index in [0.29, 0.717) is 53.0 Å². The number of morpholine rings is 1. The summed E-state index contributed by atoms with van der Waals surface area (Å²) in [6, 6.07) is 12.2. The quantitative estimate of drug-likeness (QED) is 0.669. The van der Waals surface area contributed by atoms with Crippen molar-refractivity contribution in [1.29, 1.82) is 0 Å². The molecule has 0 unspecified atom stereocenters. The maximum Gasteiger partial charge on any atom is 0.262 e. The summed E-state index contributed by atoms with van der Waals surface area (Å²) in [5.41, 5.74) is 2.70. The number of sulfonamides is 1. The Kier molecular flexibility index (Phi) is 4.34. The number of nitrogens with zero attached hydrogens (tertiary/aromatic N) is 2. The third-order valence-electron chi connectivity index (χ3n) is 5.37. The molecule has 0 aliphatic carbocycles. The third kappa shape index (κ3) is 3.09. The largest absolute Gasteiger partial charge is 0.379 e. The first-order valence-corrected chi connectivity index (χ1v) is 10.9. The molecule has 0 bridgehead atoms. The Hall–Kier alpha value is -2.81. The second kappa shape index (κ2) is 6.91. The summed E-state index contributed by atoms with van der Waals surface area (Å²) in [4.78, 5) is 19.9. The number of hydrogen-bond donors (Lipinski definition) is 1. The molecule has 148 valence electrons. The Morgan fingerprint density at radius 2 is 1.90 bits per heavy atom. The molecule has 3 heterocycles. The number of fused-ring (bicyclic) bond motifs is 5. The molecule has 1 saturated heterocycles. The Labute approximate surface area is 168 Å². The van der Waals surface area contributed by atoms with Crippen molar-refractivity contribution in [3.05, 3.63) is 54.2 Å². The van der Waals surface area contributed by atoms with E-state index in [9.17, 15) is 13.2 Å². The first-order chi connectivity index (χ1) is 14.0. The van der Waals surface area contributed by atoms with Crippen LogP contribution in [0, 0.1) is 0 Å². The zero-order valence-electron chi connectivity index (χ0n) is 15.6. The number of pyridine rings is 1. The molecule has 2 aliphatic heterocycles. The number of aromatic nitrogens is 1. The highest BCUT2D eigenvalue weighted by Crippen LogP contribution is 2.43. The minimum Gasteiger partial charge on any atom is -0.379 e. The SMILES string of the molecule is O=C(CN1CCOCC1)c1cc2c(c3ncccc13)NS(=O)(=O)c1ccccc1-2. The molecular formula is C21H19N3O4S. The van der Waals surface area contributed by atoms with Gasteiger partial charge in [-0.05, 0) is 18.2 Å². The number of carbonyl (C=O) groups is 1. The van der Waals surface area contributed by atoms with E-state index in [0.717, 1.165) is 13.1 Å². The van der Waals surface area contributed by atoms with Crippen LogP contribution in [-0.4, -0.2) is 56.9 Å². The molecule has 29 heavy (non-hydrogen) atoms. The molecule has 8 heteroatoms. The van der Waals surface area contributed by atoms with Gasteiger partial charge < -0.3 is 4.74 Å². The van der Waals surface area contributed by atoms with Crippen LogP contribution in [0.25, 0.3) is 22.0 Å². The first-order valence-electron chi connectivity index (χ1n) is 9.42. The van der Waals surface area contributed by atoms with E-state index >= 15 is 0 Å². The number of ether oxygens (including phenoxy) is 1. The normalized spacial score (nSPS) is 17.9. The molecule has 0 spiro atoms. The molecule has 0 atom stereocenters. The maximum absolute atomic E-state index is 13.2. The maximum atomic E-state index is 13.2. The van der Waals surface area contributed by atoms with Crippen molar-refractivity contribution in [2.45, 2.75) is 4.90 Å². The van der Waals surface area contributed by atoms with Crippen LogP contribution in [0.3, 0.4) is 0 Å². The molecule has 7 nitrogen and oxygen atoms in total. The van der Waals surface area contributed by atoms with Crippen molar-refractivity contribution in [1.82, 2.24) is 9.88 Å². The third-order valence-corrected chi connectivity index (χ3v) is 6.78. The van der Waals surface area contributed by atoms with Crippen LogP contribution in [0.1, 0.15) is 10.4 Å². The number of Topliss-reactive ketones (excluding diaryl/α,β-unsaturated/α-hetero) is 1.